The lowest BCUT2D eigenvalue weighted by molar-refractivity contribution is -0.384. The predicted octanol–water partition coefficient (Wildman–Crippen LogP) is 3.72. The van der Waals surface area contributed by atoms with Crippen LogP contribution in [0, 0.1) is 10.1 Å². The average Bonchev–Trinajstić information content (AvgIpc) is 2.78. The van der Waals surface area contributed by atoms with Gasteiger partial charge in [-0.1, -0.05) is 25.4 Å². The van der Waals surface area contributed by atoms with Gasteiger partial charge in [0.25, 0.3) is 5.69 Å². The number of anilines is 1. The largest absolute Gasteiger partial charge is 0.380 e. The maximum atomic E-state index is 10.7. The molecule has 0 saturated heterocycles. The fourth-order valence-electron chi connectivity index (χ4n) is 2.13. The Morgan fingerprint density at radius 1 is 1.48 bits per heavy atom. The van der Waals surface area contributed by atoms with Crippen LogP contribution < -0.4 is 5.32 Å². The Labute approximate surface area is 127 Å². The standard InChI is InChI=1S/C14H17ClN4O2/c1-9(2)14-10(8-18(3)17-14)7-16-13-5-4-11(19(20)21)6-12(13)15/h4-6,8-9,16H,7H2,1-3H3. The van der Waals surface area contributed by atoms with Crippen LogP contribution in [-0.4, -0.2) is 14.7 Å². The van der Waals surface area contributed by atoms with Crippen molar-refractivity contribution in [3.8, 4) is 0 Å². The summed E-state index contributed by atoms with van der Waals surface area (Å²) in [6.07, 6.45) is 1.96. The lowest BCUT2D eigenvalue weighted by Gasteiger charge is -2.09. The van der Waals surface area contributed by atoms with Gasteiger partial charge in [0.1, 0.15) is 0 Å². The lowest BCUT2D eigenvalue weighted by Crippen LogP contribution is -2.03. The van der Waals surface area contributed by atoms with Crippen molar-refractivity contribution in [3.05, 3.63) is 50.8 Å². The van der Waals surface area contributed by atoms with Gasteiger partial charge in [-0.3, -0.25) is 14.8 Å². The highest BCUT2D eigenvalue weighted by atomic mass is 35.5. The Morgan fingerprint density at radius 3 is 2.76 bits per heavy atom. The van der Waals surface area contributed by atoms with Gasteiger partial charge in [-0.2, -0.15) is 5.10 Å². The molecule has 112 valence electrons. The maximum Gasteiger partial charge on any atom is 0.271 e. The number of nitro groups is 1. The SMILES string of the molecule is CC(C)c1nn(C)cc1CNc1ccc([N+](=O)[O-])cc1Cl. The molecule has 1 aromatic heterocycles. The van der Waals surface area contributed by atoms with Crippen LogP contribution in [0.5, 0.6) is 0 Å². The number of halogens is 1. The van der Waals surface area contributed by atoms with Gasteiger partial charge in [-0.15, -0.1) is 0 Å². The van der Waals surface area contributed by atoms with E-state index in [0.717, 1.165) is 11.3 Å². The number of non-ortho nitro benzene ring substituents is 1. The Hall–Kier alpha value is -2.08. The van der Waals surface area contributed by atoms with Crippen molar-refractivity contribution in [1.82, 2.24) is 9.78 Å². The molecule has 1 N–H and O–H groups in total. The number of hydrogen-bond acceptors (Lipinski definition) is 4. The van der Waals surface area contributed by atoms with Crippen LogP contribution in [0.4, 0.5) is 11.4 Å². The summed E-state index contributed by atoms with van der Waals surface area (Å²) in [7, 11) is 1.88. The lowest BCUT2D eigenvalue weighted by atomic mass is 10.1. The number of nitrogens with one attached hydrogen (secondary N) is 1. The van der Waals surface area contributed by atoms with Gasteiger partial charge in [0.2, 0.25) is 0 Å². The van der Waals surface area contributed by atoms with Crippen molar-refractivity contribution in [1.29, 1.82) is 0 Å². The molecule has 2 aromatic rings. The number of rotatable bonds is 5. The van der Waals surface area contributed by atoms with E-state index in [4.69, 9.17) is 11.6 Å². The minimum absolute atomic E-state index is 0.0187. The molecule has 7 heteroatoms. The average molecular weight is 309 g/mol. The molecule has 0 spiro atoms. The Morgan fingerprint density at radius 2 is 2.19 bits per heavy atom. The Bertz CT molecular complexity index is 667. The fourth-order valence-corrected chi connectivity index (χ4v) is 2.37. The zero-order valence-corrected chi connectivity index (χ0v) is 12.9. The molecule has 21 heavy (non-hydrogen) atoms. The van der Waals surface area contributed by atoms with Crippen molar-refractivity contribution in [3.63, 3.8) is 0 Å². The van der Waals surface area contributed by atoms with Crippen LogP contribution in [0.1, 0.15) is 31.0 Å². The first-order chi connectivity index (χ1) is 9.88. The van der Waals surface area contributed by atoms with Crippen molar-refractivity contribution < 1.29 is 4.92 Å². The third-order valence-corrected chi connectivity index (χ3v) is 3.43. The van der Waals surface area contributed by atoms with Crippen LogP contribution in [0.15, 0.2) is 24.4 Å². The number of aryl methyl sites for hydroxylation is 1. The first-order valence-electron chi connectivity index (χ1n) is 6.58. The van der Waals surface area contributed by atoms with E-state index in [0.29, 0.717) is 23.2 Å². The highest BCUT2D eigenvalue weighted by Gasteiger charge is 2.13. The van der Waals surface area contributed by atoms with Crippen molar-refractivity contribution in [2.24, 2.45) is 7.05 Å². The van der Waals surface area contributed by atoms with Crippen LogP contribution in [-0.2, 0) is 13.6 Å². The normalized spacial score (nSPS) is 10.9. The summed E-state index contributed by atoms with van der Waals surface area (Å²) in [5.74, 6) is 0.329. The minimum Gasteiger partial charge on any atom is -0.380 e. The van der Waals surface area contributed by atoms with Gasteiger partial charge < -0.3 is 5.32 Å². The molecule has 2 rings (SSSR count). The second kappa shape index (κ2) is 6.13. The first-order valence-corrected chi connectivity index (χ1v) is 6.96. The van der Waals surface area contributed by atoms with E-state index in [-0.39, 0.29) is 5.69 Å². The molecule has 0 unspecified atom stereocenters. The van der Waals surface area contributed by atoms with Crippen LogP contribution in [0.2, 0.25) is 5.02 Å². The molecule has 0 fully saturated rings. The summed E-state index contributed by atoms with van der Waals surface area (Å²) < 4.78 is 1.78. The van der Waals surface area contributed by atoms with Gasteiger partial charge in [0, 0.05) is 37.5 Å². The number of nitro benzene ring substituents is 1. The number of hydrogen-bond donors (Lipinski definition) is 1. The Kier molecular flexibility index (Phi) is 4.47. The zero-order chi connectivity index (χ0) is 15.6. The van der Waals surface area contributed by atoms with E-state index in [2.05, 4.69) is 24.3 Å². The molecule has 0 aliphatic carbocycles. The van der Waals surface area contributed by atoms with Crippen molar-refractivity contribution in [2.45, 2.75) is 26.3 Å². The monoisotopic (exact) mass is 308 g/mol. The van der Waals surface area contributed by atoms with Gasteiger partial charge in [-0.05, 0) is 12.0 Å². The highest BCUT2D eigenvalue weighted by Crippen LogP contribution is 2.27. The van der Waals surface area contributed by atoms with E-state index in [9.17, 15) is 10.1 Å². The molecule has 1 aromatic carbocycles. The second-order valence-electron chi connectivity index (χ2n) is 5.14. The first kappa shape index (κ1) is 15.3. The van der Waals surface area contributed by atoms with Crippen molar-refractivity contribution in [2.75, 3.05) is 5.32 Å². The maximum absolute atomic E-state index is 10.7. The fraction of sp³-hybridized carbons (Fsp3) is 0.357. The molecule has 0 bridgehead atoms. The number of nitrogens with zero attached hydrogens (tertiary/aromatic N) is 3. The summed E-state index contributed by atoms with van der Waals surface area (Å²) in [6, 6.07) is 4.39. The molecule has 0 amide bonds. The summed E-state index contributed by atoms with van der Waals surface area (Å²) in [5, 5.41) is 18.6. The molecule has 6 nitrogen and oxygen atoms in total. The van der Waals surface area contributed by atoms with E-state index >= 15 is 0 Å². The van der Waals surface area contributed by atoms with E-state index < -0.39 is 4.92 Å². The van der Waals surface area contributed by atoms with E-state index in [1.807, 2.05) is 13.2 Å². The highest BCUT2D eigenvalue weighted by molar-refractivity contribution is 6.33. The molecule has 0 saturated carbocycles. The molecular weight excluding hydrogens is 292 g/mol. The summed E-state index contributed by atoms with van der Waals surface area (Å²) in [5.41, 5.74) is 2.76. The molecule has 1 heterocycles. The molecular formula is C14H17ClN4O2. The summed E-state index contributed by atoms with van der Waals surface area (Å²) in [4.78, 5) is 10.2. The quantitative estimate of drug-likeness (QED) is 0.675. The van der Waals surface area contributed by atoms with Crippen LogP contribution >= 0.6 is 11.6 Å². The van der Waals surface area contributed by atoms with Gasteiger partial charge >= 0.3 is 0 Å². The number of aromatic nitrogens is 2. The molecule has 0 aliphatic heterocycles. The second-order valence-corrected chi connectivity index (χ2v) is 5.55. The van der Waals surface area contributed by atoms with Crippen molar-refractivity contribution >= 4 is 23.0 Å². The van der Waals surface area contributed by atoms with Gasteiger partial charge in [0.05, 0.1) is 21.3 Å². The number of benzene rings is 1. The summed E-state index contributed by atoms with van der Waals surface area (Å²) >= 11 is 6.06. The van der Waals surface area contributed by atoms with Crippen LogP contribution in [0.25, 0.3) is 0 Å². The smallest absolute Gasteiger partial charge is 0.271 e. The minimum atomic E-state index is -0.465. The third kappa shape index (κ3) is 3.52. The van der Waals surface area contributed by atoms with Gasteiger partial charge in [0.15, 0.2) is 0 Å². The van der Waals surface area contributed by atoms with E-state index in [1.165, 1.54) is 12.1 Å². The molecule has 0 radical (unpaired) electrons. The predicted molar refractivity (Wildman–Crippen MR) is 82.7 cm³/mol. The zero-order valence-electron chi connectivity index (χ0n) is 12.1. The van der Waals surface area contributed by atoms with E-state index in [1.54, 1.807) is 10.7 Å². The molecule has 0 aliphatic rings. The van der Waals surface area contributed by atoms with Crippen LogP contribution in [0.3, 0.4) is 0 Å². The topological polar surface area (TPSA) is 73.0 Å². The third-order valence-electron chi connectivity index (χ3n) is 3.12. The van der Waals surface area contributed by atoms with Gasteiger partial charge in [-0.25, -0.2) is 0 Å². The Balaban J connectivity index is 2.15. The summed E-state index contributed by atoms with van der Waals surface area (Å²) in [6.45, 7) is 4.74. The molecule has 0 atom stereocenters.